The van der Waals surface area contributed by atoms with Crippen LogP contribution in [0.2, 0.25) is 0 Å². The lowest BCUT2D eigenvalue weighted by atomic mass is 10.2. The standard InChI is InChI=1S/C16H24N4O5S2/c1-4-24-16(21)14-13(15(17)19-27(14,22)23)18-7-8-26-10-12-6-5-11(25-12)9-20(2)3/h5-6,14H,4,7-10H2,1-3H3,(H2,17,19). The van der Waals surface area contributed by atoms with Gasteiger partial charge < -0.3 is 19.8 Å². The molecule has 0 saturated carbocycles. The number of esters is 1. The first-order valence-electron chi connectivity index (χ1n) is 8.35. The molecule has 0 saturated heterocycles. The quantitative estimate of drug-likeness (QED) is 0.459. The second kappa shape index (κ2) is 9.38. The van der Waals surface area contributed by atoms with Gasteiger partial charge in [0.15, 0.2) is 5.84 Å². The molecular formula is C16H24N4O5S2. The molecule has 2 rings (SSSR count). The summed E-state index contributed by atoms with van der Waals surface area (Å²) in [5.74, 6) is 1.87. The maximum Gasteiger partial charge on any atom is 0.332 e. The van der Waals surface area contributed by atoms with Crippen LogP contribution in [0.3, 0.4) is 0 Å². The molecule has 1 aromatic heterocycles. The van der Waals surface area contributed by atoms with Crippen LogP contribution in [0.1, 0.15) is 18.4 Å². The van der Waals surface area contributed by atoms with Gasteiger partial charge in [-0.05, 0) is 33.2 Å². The van der Waals surface area contributed by atoms with Crippen molar-refractivity contribution in [2.24, 2.45) is 15.1 Å². The zero-order chi connectivity index (χ0) is 20.0. The van der Waals surface area contributed by atoms with Crippen LogP contribution in [0.25, 0.3) is 0 Å². The zero-order valence-corrected chi connectivity index (χ0v) is 17.2. The molecule has 0 fully saturated rings. The van der Waals surface area contributed by atoms with E-state index in [4.69, 9.17) is 14.9 Å². The Hall–Kier alpha value is -1.85. The molecule has 27 heavy (non-hydrogen) atoms. The third-order valence-electron chi connectivity index (χ3n) is 3.49. The van der Waals surface area contributed by atoms with Gasteiger partial charge in [-0.25, -0.2) is 8.42 Å². The van der Waals surface area contributed by atoms with E-state index in [0.717, 1.165) is 18.1 Å². The van der Waals surface area contributed by atoms with E-state index in [0.29, 0.717) is 18.1 Å². The molecule has 0 spiro atoms. The molecule has 1 aliphatic rings. The SMILES string of the molecule is CCOC(=O)C1C(=NCCSCc2ccc(CN(C)C)o2)C(N)=NS1(=O)=O. The Morgan fingerprint density at radius 2 is 2.11 bits per heavy atom. The van der Waals surface area contributed by atoms with Crippen molar-refractivity contribution in [3.05, 3.63) is 23.7 Å². The van der Waals surface area contributed by atoms with Gasteiger partial charge in [0.1, 0.15) is 17.2 Å². The van der Waals surface area contributed by atoms with Crippen molar-refractivity contribution in [2.45, 2.75) is 24.5 Å². The second-order valence-electron chi connectivity index (χ2n) is 6.05. The summed E-state index contributed by atoms with van der Waals surface area (Å²) < 4.78 is 37.9. The van der Waals surface area contributed by atoms with Gasteiger partial charge in [-0.2, -0.15) is 11.8 Å². The van der Waals surface area contributed by atoms with Gasteiger partial charge >= 0.3 is 5.97 Å². The Kier molecular flexibility index (Phi) is 7.45. The molecule has 1 aliphatic heterocycles. The number of rotatable bonds is 9. The average Bonchev–Trinajstić information content (AvgIpc) is 3.08. The molecule has 2 heterocycles. The van der Waals surface area contributed by atoms with E-state index in [1.165, 1.54) is 0 Å². The summed E-state index contributed by atoms with van der Waals surface area (Å²) in [4.78, 5) is 18.1. The van der Waals surface area contributed by atoms with Gasteiger partial charge in [0, 0.05) is 12.3 Å². The van der Waals surface area contributed by atoms with Crippen molar-refractivity contribution in [2.75, 3.05) is 33.0 Å². The highest BCUT2D eigenvalue weighted by molar-refractivity contribution is 7.98. The predicted octanol–water partition coefficient (Wildman–Crippen LogP) is 0.648. The molecule has 0 aromatic carbocycles. The first-order chi connectivity index (χ1) is 12.7. The first-order valence-corrected chi connectivity index (χ1v) is 11.0. The van der Waals surface area contributed by atoms with Crippen LogP contribution in [0.5, 0.6) is 0 Å². The lowest BCUT2D eigenvalue weighted by molar-refractivity contribution is -0.141. The van der Waals surface area contributed by atoms with E-state index in [1.54, 1.807) is 18.7 Å². The van der Waals surface area contributed by atoms with Crippen LogP contribution in [-0.4, -0.2) is 69.1 Å². The largest absolute Gasteiger partial charge is 0.465 e. The molecule has 0 radical (unpaired) electrons. The number of thioether (sulfide) groups is 1. The number of nitrogens with zero attached hydrogens (tertiary/aromatic N) is 3. The molecule has 0 aliphatic carbocycles. The fourth-order valence-corrected chi connectivity index (χ4v) is 4.41. The lowest BCUT2D eigenvalue weighted by Gasteiger charge is -2.09. The second-order valence-corrected chi connectivity index (χ2v) is 8.84. The van der Waals surface area contributed by atoms with Crippen LogP contribution >= 0.6 is 11.8 Å². The molecular weight excluding hydrogens is 392 g/mol. The highest BCUT2D eigenvalue weighted by Gasteiger charge is 2.45. The van der Waals surface area contributed by atoms with E-state index in [9.17, 15) is 13.2 Å². The molecule has 1 aromatic rings. The number of amidine groups is 1. The van der Waals surface area contributed by atoms with Crippen molar-refractivity contribution in [1.82, 2.24) is 4.90 Å². The summed E-state index contributed by atoms with van der Waals surface area (Å²) in [6.45, 7) is 2.69. The van der Waals surface area contributed by atoms with E-state index >= 15 is 0 Å². The van der Waals surface area contributed by atoms with Crippen LogP contribution < -0.4 is 5.73 Å². The van der Waals surface area contributed by atoms with Crippen LogP contribution in [0, 0.1) is 0 Å². The number of hydrogen-bond donors (Lipinski definition) is 1. The third-order valence-corrected chi connectivity index (χ3v) is 5.91. The average molecular weight is 417 g/mol. The number of aliphatic imine (C=N–C) groups is 1. The fraction of sp³-hybridized carbons (Fsp3) is 0.562. The fourth-order valence-electron chi connectivity index (χ4n) is 2.43. The highest BCUT2D eigenvalue weighted by Crippen LogP contribution is 2.18. The van der Waals surface area contributed by atoms with E-state index in [-0.39, 0.29) is 18.2 Å². The minimum atomic E-state index is -4.07. The Labute approximate surface area is 163 Å². The van der Waals surface area contributed by atoms with E-state index < -0.39 is 21.2 Å². The smallest absolute Gasteiger partial charge is 0.332 e. The number of furan rings is 1. The number of nitrogens with two attached hydrogens (primary N) is 1. The van der Waals surface area contributed by atoms with Crippen molar-refractivity contribution in [1.29, 1.82) is 0 Å². The van der Waals surface area contributed by atoms with E-state index in [2.05, 4.69) is 9.39 Å². The number of hydrogen-bond acceptors (Lipinski definition) is 9. The van der Waals surface area contributed by atoms with Crippen LogP contribution in [0.4, 0.5) is 0 Å². The summed E-state index contributed by atoms with van der Waals surface area (Å²) in [6.07, 6.45) is 0. The Morgan fingerprint density at radius 3 is 2.78 bits per heavy atom. The molecule has 1 atom stereocenters. The van der Waals surface area contributed by atoms with E-state index in [1.807, 2.05) is 31.1 Å². The molecule has 2 N–H and O–H groups in total. The number of carbonyl (C=O) groups excluding carboxylic acids is 1. The van der Waals surface area contributed by atoms with Gasteiger partial charge in [-0.1, -0.05) is 0 Å². The Morgan fingerprint density at radius 1 is 1.41 bits per heavy atom. The number of carbonyl (C=O) groups is 1. The topological polar surface area (TPSA) is 128 Å². The maximum atomic E-state index is 12.0. The summed E-state index contributed by atoms with van der Waals surface area (Å²) in [5, 5.41) is -1.57. The molecule has 1 unspecified atom stereocenters. The molecule has 11 heteroatoms. The van der Waals surface area contributed by atoms with Gasteiger partial charge in [-0.3, -0.25) is 9.79 Å². The molecule has 150 valence electrons. The molecule has 0 amide bonds. The summed E-state index contributed by atoms with van der Waals surface area (Å²) >= 11 is 1.58. The Bertz CT molecular complexity index is 830. The normalized spacial score (nSPS) is 20.2. The summed E-state index contributed by atoms with van der Waals surface area (Å²) in [6, 6.07) is 3.88. The molecule has 0 bridgehead atoms. The molecule has 9 nitrogen and oxygen atoms in total. The van der Waals surface area contributed by atoms with Crippen LogP contribution in [0.15, 0.2) is 25.9 Å². The van der Waals surface area contributed by atoms with Gasteiger partial charge in [-0.15, -0.1) is 4.40 Å². The first kappa shape index (κ1) is 21.5. The van der Waals surface area contributed by atoms with Gasteiger partial charge in [0.25, 0.3) is 10.0 Å². The monoisotopic (exact) mass is 416 g/mol. The maximum absolute atomic E-state index is 12.0. The minimum absolute atomic E-state index is 0.0414. The summed E-state index contributed by atoms with van der Waals surface area (Å²) in [7, 11) is -0.128. The summed E-state index contributed by atoms with van der Waals surface area (Å²) in [5.41, 5.74) is 5.59. The highest BCUT2D eigenvalue weighted by atomic mass is 32.2. The van der Waals surface area contributed by atoms with Crippen molar-refractivity contribution < 1.29 is 22.4 Å². The van der Waals surface area contributed by atoms with Gasteiger partial charge in [0.2, 0.25) is 5.25 Å². The van der Waals surface area contributed by atoms with Gasteiger partial charge in [0.05, 0.1) is 18.9 Å². The van der Waals surface area contributed by atoms with Crippen molar-refractivity contribution >= 4 is 39.3 Å². The number of sulfonamides is 1. The minimum Gasteiger partial charge on any atom is -0.465 e. The Balaban J connectivity index is 1.89. The van der Waals surface area contributed by atoms with Crippen LogP contribution in [-0.2, 0) is 31.9 Å². The van der Waals surface area contributed by atoms with Crippen molar-refractivity contribution in [3.8, 4) is 0 Å². The predicted molar refractivity (Wildman–Crippen MR) is 106 cm³/mol. The van der Waals surface area contributed by atoms with Crippen molar-refractivity contribution in [3.63, 3.8) is 0 Å². The third kappa shape index (κ3) is 5.81. The lowest BCUT2D eigenvalue weighted by Crippen LogP contribution is -2.38. The number of ether oxygens (including phenoxy) is 1. The zero-order valence-electron chi connectivity index (χ0n) is 15.5.